The Bertz CT molecular complexity index is 406. The molecule has 6 nitrogen and oxygen atoms in total. The van der Waals surface area contributed by atoms with Crippen LogP contribution in [0.25, 0.3) is 0 Å². The SMILES string of the molecule is CC(C)N(CCCC(=O)O)C(=O)c1cncnc1. The van der Waals surface area contributed by atoms with Crippen molar-refractivity contribution in [3.8, 4) is 0 Å². The summed E-state index contributed by atoms with van der Waals surface area (Å²) in [5.41, 5.74) is 0.418. The van der Waals surface area contributed by atoms with Crippen molar-refractivity contribution >= 4 is 11.9 Å². The van der Waals surface area contributed by atoms with Crippen molar-refractivity contribution in [2.45, 2.75) is 32.7 Å². The number of hydrogen-bond acceptors (Lipinski definition) is 4. The molecule has 1 aromatic rings. The van der Waals surface area contributed by atoms with E-state index in [1.807, 2.05) is 13.8 Å². The highest BCUT2D eigenvalue weighted by atomic mass is 16.4. The molecule has 0 radical (unpaired) electrons. The van der Waals surface area contributed by atoms with Crippen molar-refractivity contribution < 1.29 is 14.7 Å². The molecule has 0 saturated heterocycles. The summed E-state index contributed by atoms with van der Waals surface area (Å²) in [7, 11) is 0. The molecule has 0 unspecified atom stereocenters. The Morgan fingerprint density at radius 1 is 1.33 bits per heavy atom. The van der Waals surface area contributed by atoms with E-state index in [0.717, 1.165) is 0 Å². The Kier molecular flexibility index (Phi) is 5.23. The number of carbonyl (C=O) groups is 2. The zero-order chi connectivity index (χ0) is 13.5. The van der Waals surface area contributed by atoms with Gasteiger partial charge in [0.2, 0.25) is 0 Å². The molecular weight excluding hydrogens is 234 g/mol. The summed E-state index contributed by atoms with van der Waals surface area (Å²) in [6.07, 6.45) is 4.78. The third kappa shape index (κ3) is 4.12. The molecule has 1 N–H and O–H groups in total. The van der Waals surface area contributed by atoms with E-state index < -0.39 is 5.97 Å². The first-order chi connectivity index (χ1) is 8.52. The van der Waals surface area contributed by atoms with E-state index in [9.17, 15) is 9.59 Å². The highest BCUT2D eigenvalue weighted by Gasteiger charge is 2.19. The van der Waals surface area contributed by atoms with Crippen molar-refractivity contribution in [3.63, 3.8) is 0 Å². The van der Waals surface area contributed by atoms with Gasteiger partial charge in [0, 0.05) is 31.4 Å². The summed E-state index contributed by atoms with van der Waals surface area (Å²) in [6, 6.07) is 0.00602. The summed E-state index contributed by atoms with van der Waals surface area (Å²) >= 11 is 0. The molecule has 1 aromatic heterocycles. The van der Waals surface area contributed by atoms with Gasteiger partial charge in [-0.05, 0) is 20.3 Å². The molecular formula is C12H17N3O3. The van der Waals surface area contributed by atoms with Gasteiger partial charge in [-0.2, -0.15) is 0 Å². The van der Waals surface area contributed by atoms with E-state index in [4.69, 9.17) is 5.11 Å². The van der Waals surface area contributed by atoms with Gasteiger partial charge in [0.25, 0.3) is 5.91 Å². The second-order valence-corrected chi connectivity index (χ2v) is 4.22. The number of carboxylic acid groups (broad SMARTS) is 1. The first kappa shape index (κ1) is 14.1. The smallest absolute Gasteiger partial charge is 0.303 e. The van der Waals surface area contributed by atoms with Gasteiger partial charge in [0.05, 0.1) is 5.56 Å². The lowest BCUT2D eigenvalue weighted by Crippen LogP contribution is -2.38. The number of rotatable bonds is 6. The van der Waals surface area contributed by atoms with Crippen LogP contribution in [0.2, 0.25) is 0 Å². The molecule has 0 aliphatic rings. The molecule has 0 aliphatic heterocycles. The third-order valence-corrected chi connectivity index (χ3v) is 2.48. The van der Waals surface area contributed by atoms with Crippen LogP contribution < -0.4 is 0 Å². The number of amides is 1. The van der Waals surface area contributed by atoms with Crippen molar-refractivity contribution in [2.24, 2.45) is 0 Å². The second-order valence-electron chi connectivity index (χ2n) is 4.22. The van der Waals surface area contributed by atoms with Crippen LogP contribution in [0.3, 0.4) is 0 Å². The molecule has 0 fully saturated rings. The van der Waals surface area contributed by atoms with Gasteiger partial charge in [-0.25, -0.2) is 9.97 Å². The molecule has 98 valence electrons. The number of carbonyl (C=O) groups excluding carboxylic acids is 1. The lowest BCUT2D eigenvalue weighted by Gasteiger charge is -2.26. The third-order valence-electron chi connectivity index (χ3n) is 2.48. The van der Waals surface area contributed by atoms with Crippen molar-refractivity contribution in [3.05, 3.63) is 24.3 Å². The van der Waals surface area contributed by atoms with Crippen molar-refractivity contribution in [2.75, 3.05) is 6.54 Å². The average molecular weight is 251 g/mol. The van der Waals surface area contributed by atoms with Gasteiger partial charge in [-0.3, -0.25) is 9.59 Å². The van der Waals surface area contributed by atoms with E-state index in [0.29, 0.717) is 18.5 Å². The lowest BCUT2D eigenvalue weighted by molar-refractivity contribution is -0.137. The molecule has 18 heavy (non-hydrogen) atoms. The molecule has 1 amide bonds. The van der Waals surface area contributed by atoms with E-state index in [1.165, 1.54) is 18.7 Å². The topological polar surface area (TPSA) is 83.4 Å². The van der Waals surface area contributed by atoms with Crippen molar-refractivity contribution in [1.82, 2.24) is 14.9 Å². The molecule has 0 bridgehead atoms. The zero-order valence-electron chi connectivity index (χ0n) is 10.5. The minimum atomic E-state index is -0.853. The fourth-order valence-corrected chi connectivity index (χ4v) is 1.57. The van der Waals surface area contributed by atoms with Gasteiger partial charge in [0.1, 0.15) is 6.33 Å². The van der Waals surface area contributed by atoms with E-state index in [2.05, 4.69) is 9.97 Å². The van der Waals surface area contributed by atoms with E-state index in [1.54, 1.807) is 4.90 Å². The quantitative estimate of drug-likeness (QED) is 0.821. The predicted molar refractivity (Wildman–Crippen MR) is 65.1 cm³/mol. The normalized spacial score (nSPS) is 10.4. The first-order valence-corrected chi connectivity index (χ1v) is 5.80. The van der Waals surface area contributed by atoms with Gasteiger partial charge in [0.15, 0.2) is 0 Å². The molecule has 0 aromatic carbocycles. The minimum Gasteiger partial charge on any atom is -0.481 e. The van der Waals surface area contributed by atoms with Crippen LogP contribution in [-0.2, 0) is 4.79 Å². The van der Waals surface area contributed by atoms with Gasteiger partial charge >= 0.3 is 5.97 Å². The van der Waals surface area contributed by atoms with Crippen LogP contribution in [-0.4, -0.2) is 44.4 Å². The Morgan fingerprint density at radius 3 is 2.44 bits per heavy atom. The Labute approximate surface area is 106 Å². The summed E-state index contributed by atoms with van der Waals surface area (Å²) < 4.78 is 0. The van der Waals surface area contributed by atoms with Gasteiger partial charge < -0.3 is 10.0 Å². The van der Waals surface area contributed by atoms with Crippen LogP contribution in [0.1, 0.15) is 37.0 Å². The van der Waals surface area contributed by atoms with Crippen LogP contribution in [0.4, 0.5) is 0 Å². The number of hydrogen-bond donors (Lipinski definition) is 1. The van der Waals surface area contributed by atoms with Crippen molar-refractivity contribution in [1.29, 1.82) is 0 Å². The van der Waals surface area contributed by atoms with E-state index in [-0.39, 0.29) is 18.4 Å². The predicted octanol–water partition coefficient (Wildman–Crippen LogP) is 1.19. The Morgan fingerprint density at radius 2 is 1.94 bits per heavy atom. The fraction of sp³-hybridized carbons (Fsp3) is 0.500. The highest BCUT2D eigenvalue weighted by molar-refractivity contribution is 5.93. The largest absolute Gasteiger partial charge is 0.481 e. The average Bonchev–Trinajstić information content (AvgIpc) is 2.34. The van der Waals surface area contributed by atoms with Gasteiger partial charge in [-0.1, -0.05) is 0 Å². The Hall–Kier alpha value is -1.98. The van der Waals surface area contributed by atoms with E-state index >= 15 is 0 Å². The van der Waals surface area contributed by atoms with Crippen LogP contribution in [0.5, 0.6) is 0 Å². The van der Waals surface area contributed by atoms with Crippen LogP contribution >= 0.6 is 0 Å². The zero-order valence-corrected chi connectivity index (χ0v) is 10.5. The molecule has 0 atom stereocenters. The Balaban J connectivity index is 2.67. The first-order valence-electron chi connectivity index (χ1n) is 5.80. The molecule has 0 aliphatic carbocycles. The monoisotopic (exact) mass is 251 g/mol. The summed E-state index contributed by atoms with van der Waals surface area (Å²) in [4.78, 5) is 31.9. The maximum Gasteiger partial charge on any atom is 0.303 e. The number of aliphatic carboxylic acids is 1. The molecule has 1 heterocycles. The molecule has 0 saturated carbocycles. The van der Waals surface area contributed by atoms with Gasteiger partial charge in [-0.15, -0.1) is 0 Å². The second kappa shape index (κ2) is 6.68. The number of carboxylic acids is 1. The summed E-state index contributed by atoms with van der Waals surface area (Å²) in [6.45, 7) is 4.20. The minimum absolute atomic E-state index is 0.00602. The number of nitrogens with zero attached hydrogens (tertiary/aromatic N) is 3. The molecule has 6 heteroatoms. The molecule has 1 rings (SSSR count). The maximum absolute atomic E-state index is 12.2. The van der Waals surface area contributed by atoms with Crippen LogP contribution in [0, 0.1) is 0 Å². The highest BCUT2D eigenvalue weighted by Crippen LogP contribution is 2.08. The summed E-state index contributed by atoms with van der Waals surface area (Å²) in [5, 5.41) is 8.60. The van der Waals surface area contributed by atoms with Crippen LogP contribution in [0.15, 0.2) is 18.7 Å². The standard InChI is InChI=1S/C12H17N3O3/c1-9(2)15(5-3-4-11(16)17)12(18)10-6-13-8-14-7-10/h6-9H,3-5H2,1-2H3,(H,16,17). The number of aromatic nitrogens is 2. The molecule has 0 spiro atoms. The summed E-state index contributed by atoms with van der Waals surface area (Å²) in [5.74, 6) is -1.02. The maximum atomic E-state index is 12.2. The fourth-order valence-electron chi connectivity index (χ4n) is 1.57. The lowest BCUT2D eigenvalue weighted by atomic mass is 10.2.